The van der Waals surface area contributed by atoms with Gasteiger partial charge in [0.2, 0.25) is 0 Å². The van der Waals surface area contributed by atoms with Crippen LogP contribution in [0.1, 0.15) is 174 Å². The van der Waals surface area contributed by atoms with E-state index in [0.717, 1.165) is 32.1 Å². The van der Waals surface area contributed by atoms with Gasteiger partial charge >= 0.3 is 25.7 Å². The third-order valence-electron chi connectivity index (χ3n) is 8.56. The topological polar surface area (TPSA) is 172 Å². The lowest BCUT2D eigenvalue weighted by Crippen LogP contribution is -2.34. The molecule has 0 spiro atoms. The van der Waals surface area contributed by atoms with E-state index < -0.39 is 57.7 Å². The van der Waals surface area contributed by atoms with E-state index in [1.54, 1.807) is 12.2 Å². The molecule has 1 unspecified atom stereocenters. The number of esters is 2. The van der Waals surface area contributed by atoms with Gasteiger partial charge in [-0.2, -0.15) is 0 Å². The van der Waals surface area contributed by atoms with Crippen molar-refractivity contribution in [3.63, 3.8) is 0 Å². The molecule has 4 N–H and O–H groups in total. The lowest BCUT2D eigenvalue weighted by Gasteiger charge is -2.20. The first-order valence-corrected chi connectivity index (χ1v) is 21.4. The average Bonchev–Trinajstić information content (AvgIpc) is 3.10. The summed E-state index contributed by atoms with van der Waals surface area (Å²) < 4.78 is 32.4. The van der Waals surface area contributed by atoms with Crippen LogP contribution in [0.3, 0.4) is 0 Å². The van der Waals surface area contributed by atoms with Gasteiger partial charge in [-0.3, -0.25) is 18.6 Å². The highest BCUT2D eigenvalue weighted by atomic mass is 31.2. The Morgan fingerprint density at radius 2 is 1.10 bits per heavy atom. The minimum Gasteiger partial charge on any atom is -0.480 e. The van der Waals surface area contributed by atoms with Crippen LogP contribution >= 0.6 is 7.82 Å². The number of ether oxygens (including phenoxy) is 2. The van der Waals surface area contributed by atoms with Gasteiger partial charge in [0.05, 0.1) is 13.2 Å². The molecule has 51 heavy (non-hydrogen) atoms. The van der Waals surface area contributed by atoms with Gasteiger partial charge in [0.1, 0.15) is 12.6 Å². The van der Waals surface area contributed by atoms with E-state index in [1.165, 1.54) is 122 Å². The van der Waals surface area contributed by atoms with E-state index in [2.05, 4.69) is 18.4 Å². The van der Waals surface area contributed by atoms with Gasteiger partial charge in [-0.1, -0.05) is 167 Å². The van der Waals surface area contributed by atoms with Crippen LogP contribution < -0.4 is 5.73 Å². The number of hydrogen-bond acceptors (Lipinski definition) is 9. The van der Waals surface area contributed by atoms with Gasteiger partial charge in [0.25, 0.3) is 0 Å². The molecule has 0 aromatic carbocycles. The number of phosphoric acid groups is 1. The molecule has 0 aliphatic heterocycles. The molecule has 0 amide bonds. The molecule has 0 saturated carbocycles. The number of unbranched alkanes of at least 4 members (excludes halogenated alkanes) is 22. The Morgan fingerprint density at radius 3 is 1.59 bits per heavy atom. The standard InChI is InChI=1S/C39H72NO10P/c1-3-5-7-9-11-13-15-17-18-19-21-22-24-26-28-30-37(41)47-32-35(33-48-51(45,46)49-34-36(40)39(43)44)50-38(42)31-29-27-25-23-20-16-14-12-10-8-6-4-2/h24,26,28,30,35-36H,3-23,25,27,29,31-34,40H2,1-2H3,(H,43,44)(H,45,46)/b26-24+,30-28+/t35-,36+/m1/s1. The predicted molar refractivity (Wildman–Crippen MR) is 203 cm³/mol. The zero-order chi connectivity index (χ0) is 37.8. The van der Waals surface area contributed by atoms with Crippen LogP contribution in [0.5, 0.6) is 0 Å². The number of phosphoric ester groups is 1. The number of carboxylic acid groups (broad SMARTS) is 1. The second-order valence-corrected chi connectivity index (χ2v) is 15.0. The van der Waals surface area contributed by atoms with Gasteiger partial charge in [-0.15, -0.1) is 0 Å². The summed E-state index contributed by atoms with van der Waals surface area (Å²) >= 11 is 0. The molecular weight excluding hydrogens is 673 g/mol. The van der Waals surface area contributed by atoms with Crippen LogP contribution in [0, 0.1) is 0 Å². The number of aliphatic carboxylic acids is 1. The van der Waals surface area contributed by atoms with Crippen molar-refractivity contribution in [1.29, 1.82) is 0 Å². The van der Waals surface area contributed by atoms with E-state index in [0.29, 0.717) is 6.42 Å². The van der Waals surface area contributed by atoms with Crippen LogP contribution in [-0.2, 0) is 37.5 Å². The van der Waals surface area contributed by atoms with Crippen molar-refractivity contribution in [3.05, 3.63) is 24.3 Å². The van der Waals surface area contributed by atoms with Crippen LogP contribution in [0.4, 0.5) is 0 Å². The second kappa shape index (κ2) is 35.0. The first-order chi connectivity index (χ1) is 24.6. The van der Waals surface area contributed by atoms with Gasteiger partial charge < -0.3 is 25.2 Å². The summed E-state index contributed by atoms with van der Waals surface area (Å²) in [7, 11) is -4.72. The van der Waals surface area contributed by atoms with E-state index in [-0.39, 0.29) is 6.42 Å². The maximum atomic E-state index is 12.5. The van der Waals surface area contributed by atoms with Crippen molar-refractivity contribution < 1.29 is 47.5 Å². The summed E-state index contributed by atoms with van der Waals surface area (Å²) in [6.07, 6.45) is 34.5. The zero-order valence-electron chi connectivity index (χ0n) is 31.9. The van der Waals surface area contributed by atoms with E-state index in [4.69, 9.17) is 24.8 Å². The lowest BCUT2D eigenvalue weighted by molar-refractivity contribution is -0.159. The van der Waals surface area contributed by atoms with Crippen molar-refractivity contribution in [2.75, 3.05) is 19.8 Å². The van der Waals surface area contributed by atoms with E-state index in [9.17, 15) is 23.8 Å². The van der Waals surface area contributed by atoms with E-state index in [1.807, 2.05) is 6.08 Å². The monoisotopic (exact) mass is 745 g/mol. The molecule has 11 nitrogen and oxygen atoms in total. The number of nitrogens with two attached hydrogens (primary N) is 1. The fourth-order valence-electron chi connectivity index (χ4n) is 5.39. The SMILES string of the molecule is CCCCCCCCCCCCC/C=C/C=C/C(=O)OC[C@H](COP(=O)(O)OC[C@H](N)C(=O)O)OC(=O)CCCCCCCCCCCCCC. The van der Waals surface area contributed by atoms with Gasteiger partial charge in [0, 0.05) is 12.5 Å². The number of carbonyl (C=O) groups is 3. The van der Waals surface area contributed by atoms with Crippen LogP contribution in [-0.4, -0.2) is 59.9 Å². The smallest absolute Gasteiger partial charge is 0.472 e. The number of carboxylic acids is 1. The molecule has 0 aliphatic rings. The summed E-state index contributed by atoms with van der Waals surface area (Å²) in [6.45, 7) is 2.67. The fourth-order valence-corrected chi connectivity index (χ4v) is 6.17. The Kier molecular flexibility index (Phi) is 33.6. The van der Waals surface area contributed by atoms with Crippen molar-refractivity contribution >= 4 is 25.7 Å². The molecule has 0 heterocycles. The number of allylic oxidation sites excluding steroid dienone is 3. The average molecular weight is 746 g/mol. The number of rotatable bonds is 37. The molecule has 0 rings (SSSR count). The third-order valence-corrected chi connectivity index (χ3v) is 9.51. The van der Waals surface area contributed by atoms with Crippen molar-refractivity contribution in [1.82, 2.24) is 0 Å². The summed E-state index contributed by atoms with van der Waals surface area (Å²) in [4.78, 5) is 45.6. The summed E-state index contributed by atoms with van der Waals surface area (Å²) in [6, 6.07) is -1.53. The Labute approximate surface area is 309 Å². The molecule has 0 fully saturated rings. The predicted octanol–water partition coefficient (Wildman–Crippen LogP) is 9.89. The molecule has 0 bridgehead atoms. The van der Waals surface area contributed by atoms with Crippen LogP contribution in [0.25, 0.3) is 0 Å². The van der Waals surface area contributed by atoms with Crippen LogP contribution in [0.2, 0.25) is 0 Å². The van der Waals surface area contributed by atoms with E-state index >= 15 is 0 Å². The fraction of sp³-hybridized carbons (Fsp3) is 0.821. The number of hydrogen-bond donors (Lipinski definition) is 3. The normalized spacial score (nSPS) is 14.1. The highest BCUT2D eigenvalue weighted by Crippen LogP contribution is 2.43. The molecule has 0 aromatic rings. The minimum atomic E-state index is -4.72. The summed E-state index contributed by atoms with van der Waals surface area (Å²) in [5, 5.41) is 8.85. The molecule has 0 saturated heterocycles. The summed E-state index contributed by atoms with van der Waals surface area (Å²) in [5.41, 5.74) is 5.31. The Bertz CT molecular complexity index is 974. The van der Waals surface area contributed by atoms with Gasteiger partial charge in [-0.05, 0) is 19.3 Å². The maximum Gasteiger partial charge on any atom is 0.472 e. The maximum absolute atomic E-state index is 12.5. The Balaban J connectivity index is 4.51. The van der Waals surface area contributed by atoms with Gasteiger partial charge in [0.15, 0.2) is 6.10 Å². The largest absolute Gasteiger partial charge is 0.480 e. The Morgan fingerprint density at radius 1 is 0.647 bits per heavy atom. The van der Waals surface area contributed by atoms with Crippen LogP contribution in [0.15, 0.2) is 24.3 Å². The quantitative estimate of drug-likeness (QED) is 0.0182. The Hall–Kier alpha value is -2.04. The third kappa shape index (κ3) is 34.8. The molecule has 0 aromatic heterocycles. The highest BCUT2D eigenvalue weighted by Gasteiger charge is 2.28. The molecule has 298 valence electrons. The first-order valence-electron chi connectivity index (χ1n) is 19.9. The minimum absolute atomic E-state index is 0.145. The molecular formula is C39H72NO10P. The zero-order valence-corrected chi connectivity index (χ0v) is 32.8. The molecule has 3 atom stereocenters. The lowest BCUT2D eigenvalue weighted by atomic mass is 10.0. The van der Waals surface area contributed by atoms with Crippen molar-refractivity contribution in [2.45, 2.75) is 187 Å². The molecule has 0 aliphatic carbocycles. The first kappa shape index (κ1) is 49.0. The number of carbonyl (C=O) groups excluding carboxylic acids is 2. The van der Waals surface area contributed by atoms with Crippen molar-refractivity contribution in [3.8, 4) is 0 Å². The highest BCUT2D eigenvalue weighted by molar-refractivity contribution is 7.47. The summed E-state index contributed by atoms with van der Waals surface area (Å²) in [5.74, 6) is -2.63. The second-order valence-electron chi connectivity index (χ2n) is 13.5. The van der Waals surface area contributed by atoms with Crippen molar-refractivity contribution in [2.24, 2.45) is 5.73 Å². The van der Waals surface area contributed by atoms with Gasteiger partial charge in [-0.25, -0.2) is 9.36 Å². The molecule has 0 radical (unpaired) electrons. The molecule has 12 heteroatoms.